The van der Waals surface area contributed by atoms with E-state index in [0.29, 0.717) is 0 Å². The maximum Gasteiger partial charge on any atom is 0.234 e. The first kappa shape index (κ1) is 15.8. The fourth-order valence-electron chi connectivity index (χ4n) is 3.24. The minimum Gasteiger partial charge on any atom is -0.325 e. The number of fused-ring (bicyclic) bond motifs is 1. The molecule has 3 rings (SSSR count). The van der Waals surface area contributed by atoms with Gasteiger partial charge in [-0.05, 0) is 49.4 Å². The molecule has 1 aliphatic rings. The highest BCUT2D eigenvalue weighted by Gasteiger charge is 2.40. The third-order valence-electron chi connectivity index (χ3n) is 4.85. The number of anilines is 1. The van der Waals surface area contributed by atoms with Crippen molar-refractivity contribution >= 4 is 11.6 Å². The van der Waals surface area contributed by atoms with Crippen molar-refractivity contribution in [2.24, 2.45) is 5.73 Å². The van der Waals surface area contributed by atoms with E-state index in [1.165, 1.54) is 11.1 Å². The molecule has 0 saturated heterocycles. The zero-order valence-electron chi connectivity index (χ0n) is 14.2. The Morgan fingerprint density at radius 1 is 1.22 bits per heavy atom. The van der Waals surface area contributed by atoms with Crippen LogP contribution in [0, 0.1) is 6.92 Å². The van der Waals surface area contributed by atoms with E-state index in [1.807, 2.05) is 26.0 Å². The number of hydrogen-bond acceptors (Lipinski definition) is 2. The molecule has 23 heavy (non-hydrogen) atoms. The second-order valence-electron chi connectivity index (χ2n) is 6.93. The zero-order chi connectivity index (χ0) is 16.8. The summed E-state index contributed by atoms with van der Waals surface area (Å²) >= 11 is 0. The average Bonchev–Trinajstić information content (AvgIpc) is 2.76. The van der Waals surface area contributed by atoms with Gasteiger partial charge in [0.05, 0.1) is 17.1 Å². The van der Waals surface area contributed by atoms with Gasteiger partial charge < -0.3 is 11.1 Å². The molecule has 1 aliphatic heterocycles. The third kappa shape index (κ3) is 2.55. The number of benzene rings is 2. The second kappa shape index (κ2) is 5.50. The van der Waals surface area contributed by atoms with Gasteiger partial charge in [0, 0.05) is 0 Å². The summed E-state index contributed by atoms with van der Waals surface area (Å²) in [6.07, 6.45) is 0.922. The lowest BCUT2D eigenvalue weighted by molar-refractivity contribution is -0.119. The molecular weight excluding hydrogens is 284 g/mol. The van der Waals surface area contributed by atoms with Crippen molar-refractivity contribution < 1.29 is 4.79 Å². The summed E-state index contributed by atoms with van der Waals surface area (Å²) in [7, 11) is 0. The first-order valence-corrected chi connectivity index (χ1v) is 8.15. The summed E-state index contributed by atoms with van der Waals surface area (Å²) in [6.45, 7) is 8.13. The summed E-state index contributed by atoms with van der Waals surface area (Å²) in [5.74, 6) is 0.0402. The Labute approximate surface area is 137 Å². The Kier molecular flexibility index (Phi) is 3.77. The van der Waals surface area contributed by atoms with Crippen LogP contribution in [0.4, 0.5) is 5.69 Å². The number of nitrogens with one attached hydrogen (secondary N) is 1. The van der Waals surface area contributed by atoms with Crippen LogP contribution in [-0.4, -0.2) is 5.91 Å². The Morgan fingerprint density at radius 2 is 1.96 bits per heavy atom. The summed E-state index contributed by atoms with van der Waals surface area (Å²) in [4.78, 5) is 12.4. The molecule has 1 amide bonds. The van der Waals surface area contributed by atoms with E-state index in [9.17, 15) is 4.79 Å². The molecule has 1 unspecified atom stereocenters. The van der Waals surface area contributed by atoms with Crippen LogP contribution < -0.4 is 11.1 Å². The summed E-state index contributed by atoms with van der Waals surface area (Å²) in [6, 6.07) is 12.3. The Hall–Kier alpha value is -2.13. The minimum absolute atomic E-state index is 0.0402. The van der Waals surface area contributed by atoms with E-state index in [-0.39, 0.29) is 11.9 Å². The highest BCUT2D eigenvalue weighted by Crippen LogP contribution is 2.42. The predicted molar refractivity (Wildman–Crippen MR) is 94.7 cm³/mol. The molecule has 2 aromatic rings. The Morgan fingerprint density at radius 3 is 2.61 bits per heavy atom. The van der Waals surface area contributed by atoms with Crippen LogP contribution in [0.25, 0.3) is 0 Å². The normalized spacial score (nSPS) is 16.8. The SMILES string of the molecule is CCc1cc(C(N)c2cccc(C)c2)c2c(c1)C(C)(C)C(=O)N2. The van der Waals surface area contributed by atoms with E-state index < -0.39 is 5.41 Å². The zero-order valence-corrected chi connectivity index (χ0v) is 14.2. The molecule has 1 atom stereocenters. The summed E-state index contributed by atoms with van der Waals surface area (Å²) in [5.41, 5.74) is 12.5. The van der Waals surface area contributed by atoms with Crippen LogP contribution in [0.2, 0.25) is 0 Å². The minimum atomic E-state index is -0.512. The molecule has 3 nitrogen and oxygen atoms in total. The summed E-state index contributed by atoms with van der Waals surface area (Å²) < 4.78 is 0. The van der Waals surface area contributed by atoms with Gasteiger partial charge in [0.2, 0.25) is 5.91 Å². The van der Waals surface area contributed by atoms with Gasteiger partial charge in [-0.1, -0.05) is 48.9 Å². The van der Waals surface area contributed by atoms with E-state index in [1.54, 1.807) is 0 Å². The van der Waals surface area contributed by atoms with Crippen LogP contribution in [-0.2, 0) is 16.6 Å². The first-order chi connectivity index (χ1) is 10.8. The highest BCUT2D eigenvalue weighted by molar-refractivity contribution is 6.06. The number of aryl methyl sites for hydroxylation is 2. The molecular formula is C20H24N2O. The average molecular weight is 308 g/mol. The maximum atomic E-state index is 12.4. The number of carbonyl (C=O) groups excluding carboxylic acids is 1. The van der Waals surface area contributed by atoms with Crippen molar-refractivity contribution in [3.8, 4) is 0 Å². The lowest BCUT2D eigenvalue weighted by Crippen LogP contribution is -2.26. The van der Waals surface area contributed by atoms with Gasteiger partial charge in [-0.2, -0.15) is 0 Å². The molecule has 0 aliphatic carbocycles. The highest BCUT2D eigenvalue weighted by atomic mass is 16.2. The van der Waals surface area contributed by atoms with Crippen molar-refractivity contribution in [2.45, 2.75) is 45.6 Å². The van der Waals surface area contributed by atoms with E-state index in [0.717, 1.165) is 28.8 Å². The first-order valence-electron chi connectivity index (χ1n) is 8.15. The molecule has 0 fully saturated rings. The lowest BCUT2D eigenvalue weighted by atomic mass is 9.82. The maximum absolute atomic E-state index is 12.4. The molecule has 1 heterocycles. The molecule has 0 radical (unpaired) electrons. The fourth-order valence-corrected chi connectivity index (χ4v) is 3.24. The van der Waals surface area contributed by atoms with Crippen molar-refractivity contribution in [3.05, 3.63) is 64.2 Å². The third-order valence-corrected chi connectivity index (χ3v) is 4.85. The Balaban J connectivity index is 2.17. The molecule has 0 spiro atoms. The van der Waals surface area contributed by atoms with Crippen LogP contribution in [0.5, 0.6) is 0 Å². The molecule has 3 N–H and O–H groups in total. The topological polar surface area (TPSA) is 55.1 Å². The van der Waals surface area contributed by atoms with Gasteiger partial charge in [0.1, 0.15) is 0 Å². The van der Waals surface area contributed by atoms with Crippen molar-refractivity contribution in [3.63, 3.8) is 0 Å². The standard InChI is InChI=1S/C20H24N2O/c1-5-13-10-15(17(21)14-8-6-7-12(2)9-14)18-16(11-13)20(3,4)19(23)22-18/h6-11,17H,5,21H2,1-4H3,(H,22,23). The number of amides is 1. The number of carbonyl (C=O) groups is 1. The van der Waals surface area contributed by atoms with Gasteiger partial charge in [0.25, 0.3) is 0 Å². The smallest absolute Gasteiger partial charge is 0.234 e. The van der Waals surface area contributed by atoms with Crippen molar-refractivity contribution in [1.29, 1.82) is 0 Å². The van der Waals surface area contributed by atoms with Crippen LogP contribution in [0.15, 0.2) is 36.4 Å². The van der Waals surface area contributed by atoms with Crippen molar-refractivity contribution in [2.75, 3.05) is 5.32 Å². The van der Waals surface area contributed by atoms with Gasteiger partial charge in [-0.25, -0.2) is 0 Å². The van der Waals surface area contributed by atoms with Gasteiger partial charge >= 0.3 is 0 Å². The molecule has 0 bridgehead atoms. The molecule has 2 aromatic carbocycles. The quantitative estimate of drug-likeness (QED) is 0.905. The van der Waals surface area contributed by atoms with E-state index >= 15 is 0 Å². The number of hydrogen-bond donors (Lipinski definition) is 2. The van der Waals surface area contributed by atoms with Crippen molar-refractivity contribution in [1.82, 2.24) is 0 Å². The van der Waals surface area contributed by atoms with Crippen LogP contribution in [0.3, 0.4) is 0 Å². The Bertz CT molecular complexity index is 777. The van der Waals surface area contributed by atoms with Crippen LogP contribution in [0.1, 0.15) is 54.6 Å². The van der Waals surface area contributed by atoms with E-state index in [2.05, 4.69) is 43.4 Å². The molecule has 120 valence electrons. The van der Waals surface area contributed by atoms with E-state index in [4.69, 9.17) is 5.73 Å². The van der Waals surface area contributed by atoms with Gasteiger partial charge in [0.15, 0.2) is 0 Å². The number of nitrogens with two attached hydrogens (primary N) is 1. The van der Waals surface area contributed by atoms with Gasteiger partial charge in [-0.3, -0.25) is 4.79 Å². The molecule has 3 heteroatoms. The predicted octanol–water partition coefficient (Wildman–Crippen LogP) is 3.84. The lowest BCUT2D eigenvalue weighted by Gasteiger charge is -2.20. The fraction of sp³-hybridized carbons (Fsp3) is 0.350. The van der Waals surface area contributed by atoms with Crippen LogP contribution >= 0.6 is 0 Å². The largest absolute Gasteiger partial charge is 0.325 e. The summed E-state index contributed by atoms with van der Waals surface area (Å²) in [5, 5.41) is 3.05. The molecule has 0 aromatic heterocycles. The van der Waals surface area contributed by atoms with Gasteiger partial charge in [-0.15, -0.1) is 0 Å². The molecule has 0 saturated carbocycles. The number of rotatable bonds is 3. The second-order valence-corrected chi connectivity index (χ2v) is 6.93. The monoisotopic (exact) mass is 308 g/mol.